The third-order valence-corrected chi connectivity index (χ3v) is 6.38. The third-order valence-electron chi connectivity index (χ3n) is 4.51. The highest BCUT2D eigenvalue weighted by Gasteiger charge is 2.17. The molecule has 142 valence electrons. The number of carbonyl (C=O) groups is 1. The Balaban J connectivity index is 1.84. The summed E-state index contributed by atoms with van der Waals surface area (Å²) >= 11 is 2.76. The smallest absolute Gasteiger partial charge is 0.260 e. The highest BCUT2D eigenvalue weighted by atomic mass is 32.2. The second-order valence-electron chi connectivity index (χ2n) is 6.84. The van der Waals surface area contributed by atoms with Gasteiger partial charge in [0.15, 0.2) is 5.16 Å². The van der Waals surface area contributed by atoms with E-state index in [9.17, 15) is 9.59 Å². The molecule has 27 heavy (non-hydrogen) atoms. The van der Waals surface area contributed by atoms with Crippen LogP contribution in [-0.4, -0.2) is 27.7 Å². The van der Waals surface area contributed by atoms with Gasteiger partial charge in [-0.05, 0) is 25.3 Å². The average molecular weight is 402 g/mol. The fraction of sp³-hybridized carbons (Fsp3) is 0.350. The Labute approximate surface area is 166 Å². The second kappa shape index (κ2) is 8.27. The zero-order chi connectivity index (χ0) is 19.6. The number of aromatic nitrogens is 2. The maximum Gasteiger partial charge on any atom is 0.260 e. The highest BCUT2D eigenvalue weighted by molar-refractivity contribution is 7.99. The quantitative estimate of drug-likeness (QED) is 0.479. The van der Waals surface area contributed by atoms with Crippen LogP contribution in [0.5, 0.6) is 0 Å². The van der Waals surface area contributed by atoms with Crippen molar-refractivity contribution in [3.63, 3.8) is 0 Å². The van der Waals surface area contributed by atoms with Crippen molar-refractivity contribution in [3.8, 4) is 11.1 Å². The molecule has 7 heteroatoms. The number of aromatic amines is 1. The second-order valence-corrected chi connectivity index (χ2v) is 9.01. The fourth-order valence-electron chi connectivity index (χ4n) is 2.72. The molecule has 0 saturated heterocycles. The zero-order valence-corrected chi connectivity index (χ0v) is 17.5. The van der Waals surface area contributed by atoms with Crippen LogP contribution in [-0.2, 0) is 4.79 Å². The fourth-order valence-corrected chi connectivity index (χ4v) is 4.49. The predicted octanol–water partition coefficient (Wildman–Crippen LogP) is 4.21. The maximum absolute atomic E-state index is 12.7. The largest absolute Gasteiger partial charge is 0.353 e. The van der Waals surface area contributed by atoms with Gasteiger partial charge in [0, 0.05) is 16.5 Å². The van der Waals surface area contributed by atoms with Crippen LogP contribution in [0.1, 0.15) is 25.6 Å². The Bertz CT molecular complexity index is 1010. The summed E-state index contributed by atoms with van der Waals surface area (Å²) in [4.78, 5) is 34.0. The van der Waals surface area contributed by atoms with Crippen molar-refractivity contribution < 1.29 is 4.79 Å². The van der Waals surface area contributed by atoms with Crippen molar-refractivity contribution in [3.05, 3.63) is 45.6 Å². The summed E-state index contributed by atoms with van der Waals surface area (Å²) in [6.45, 7) is 8.11. The molecule has 1 atom stereocenters. The lowest BCUT2D eigenvalue weighted by molar-refractivity contribution is -0.119. The molecule has 0 bridgehead atoms. The van der Waals surface area contributed by atoms with Gasteiger partial charge in [-0.1, -0.05) is 55.9 Å². The van der Waals surface area contributed by atoms with Gasteiger partial charge in [0.1, 0.15) is 4.83 Å². The molecule has 5 nitrogen and oxygen atoms in total. The van der Waals surface area contributed by atoms with Crippen molar-refractivity contribution in [2.75, 3.05) is 5.75 Å². The van der Waals surface area contributed by atoms with Crippen molar-refractivity contribution >= 4 is 39.2 Å². The summed E-state index contributed by atoms with van der Waals surface area (Å²) in [5.74, 6) is 0.538. The molecule has 0 fully saturated rings. The van der Waals surface area contributed by atoms with Crippen LogP contribution in [0, 0.1) is 12.8 Å². The van der Waals surface area contributed by atoms with Crippen molar-refractivity contribution in [1.82, 2.24) is 15.3 Å². The van der Waals surface area contributed by atoms with Crippen LogP contribution in [0.4, 0.5) is 0 Å². The molecule has 2 N–H and O–H groups in total. The van der Waals surface area contributed by atoms with Crippen LogP contribution in [0.25, 0.3) is 21.3 Å². The van der Waals surface area contributed by atoms with Crippen molar-refractivity contribution in [2.24, 2.45) is 5.92 Å². The van der Waals surface area contributed by atoms with E-state index in [4.69, 9.17) is 0 Å². The van der Waals surface area contributed by atoms with Gasteiger partial charge < -0.3 is 10.3 Å². The number of rotatable bonds is 6. The van der Waals surface area contributed by atoms with Crippen LogP contribution in [0.2, 0.25) is 0 Å². The molecule has 2 aromatic heterocycles. The van der Waals surface area contributed by atoms with E-state index >= 15 is 0 Å². The number of hydrogen-bond acceptors (Lipinski definition) is 5. The number of hydrogen-bond donors (Lipinski definition) is 2. The molecule has 1 amide bonds. The summed E-state index contributed by atoms with van der Waals surface area (Å²) < 4.78 is 0. The van der Waals surface area contributed by atoms with E-state index in [-0.39, 0.29) is 23.3 Å². The Hall–Kier alpha value is -2.12. The summed E-state index contributed by atoms with van der Waals surface area (Å²) in [7, 11) is 0. The number of H-pyrrole nitrogens is 1. The van der Waals surface area contributed by atoms with Crippen LogP contribution in [0.15, 0.2) is 40.3 Å². The molecule has 1 aromatic carbocycles. The molecule has 0 aliphatic rings. The van der Waals surface area contributed by atoms with Gasteiger partial charge in [0.05, 0.1) is 11.1 Å². The number of thiophene rings is 1. The summed E-state index contributed by atoms with van der Waals surface area (Å²) in [5, 5.41) is 4.05. The molecule has 3 aromatic rings. The Morgan fingerprint density at radius 3 is 2.63 bits per heavy atom. The molecule has 0 aliphatic heterocycles. The van der Waals surface area contributed by atoms with E-state index in [0.29, 0.717) is 21.3 Å². The number of thioether (sulfide) groups is 1. The minimum atomic E-state index is -0.165. The molecule has 0 aliphatic carbocycles. The Morgan fingerprint density at radius 2 is 1.96 bits per heavy atom. The first-order valence-electron chi connectivity index (χ1n) is 8.87. The number of fused-ring (bicyclic) bond motifs is 1. The zero-order valence-electron chi connectivity index (χ0n) is 15.8. The lowest BCUT2D eigenvalue weighted by atomic mass is 10.0. The van der Waals surface area contributed by atoms with Gasteiger partial charge in [-0.3, -0.25) is 9.59 Å². The summed E-state index contributed by atoms with van der Waals surface area (Å²) in [6, 6.07) is 9.98. The third kappa shape index (κ3) is 4.42. The monoisotopic (exact) mass is 401 g/mol. The van der Waals surface area contributed by atoms with E-state index in [1.165, 1.54) is 23.1 Å². The molecule has 0 saturated carbocycles. The van der Waals surface area contributed by atoms with Gasteiger partial charge >= 0.3 is 0 Å². The van der Waals surface area contributed by atoms with E-state index in [1.807, 2.05) is 44.2 Å². The molecule has 2 heterocycles. The van der Waals surface area contributed by atoms with Crippen LogP contribution < -0.4 is 10.9 Å². The number of nitrogens with one attached hydrogen (secondary N) is 2. The molecule has 0 unspecified atom stereocenters. The molecule has 0 radical (unpaired) electrons. The lowest BCUT2D eigenvalue weighted by Gasteiger charge is -2.16. The summed E-state index contributed by atoms with van der Waals surface area (Å²) in [5.41, 5.74) is 1.78. The Morgan fingerprint density at radius 1 is 1.26 bits per heavy atom. The lowest BCUT2D eigenvalue weighted by Crippen LogP contribution is -2.37. The SMILES string of the molecule is Cc1sc2nc(SCC(=O)N[C@H](C)C(C)C)[nH]c(=O)c2c1-c1ccccc1. The number of carbonyl (C=O) groups excluding carboxylic acids is 1. The summed E-state index contributed by atoms with van der Waals surface area (Å²) in [6.07, 6.45) is 0. The first-order chi connectivity index (χ1) is 12.9. The average Bonchev–Trinajstić information content (AvgIpc) is 2.97. The highest BCUT2D eigenvalue weighted by Crippen LogP contribution is 2.35. The number of aryl methyl sites for hydroxylation is 1. The number of amides is 1. The van der Waals surface area contributed by atoms with Crippen molar-refractivity contribution in [2.45, 2.75) is 38.9 Å². The normalized spacial score (nSPS) is 12.5. The van der Waals surface area contributed by atoms with Gasteiger partial charge in [0.2, 0.25) is 5.91 Å². The molecule has 3 rings (SSSR count). The van der Waals surface area contributed by atoms with Crippen LogP contribution in [0.3, 0.4) is 0 Å². The standard InChI is InChI=1S/C20H23N3O2S2/c1-11(2)12(3)21-15(24)10-26-20-22-18(25)17-16(13(4)27-19(17)23-20)14-8-6-5-7-9-14/h5-9,11-12H,10H2,1-4H3,(H,21,24)(H,22,23,25)/t12-/m1/s1. The predicted molar refractivity (Wildman–Crippen MR) is 114 cm³/mol. The molecular weight excluding hydrogens is 378 g/mol. The maximum atomic E-state index is 12.7. The van der Waals surface area contributed by atoms with E-state index in [0.717, 1.165) is 16.0 Å². The topological polar surface area (TPSA) is 74.8 Å². The van der Waals surface area contributed by atoms with Gasteiger partial charge in [-0.15, -0.1) is 11.3 Å². The van der Waals surface area contributed by atoms with Gasteiger partial charge in [0.25, 0.3) is 5.56 Å². The van der Waals surface area contributed by atoms with E-state index in [2.05, 4.69) is 29.1 Å². The first kappa shape index (κ1) is 19.6. The Kier molecular flexibility index (Phi) is 6.01. The minimum Gasteiger partial charge on any atom is -0.353 e. The number of benzene rings is 1. The van der Waals surface area contributed by atoms with E-state index in [1.54, 1.807) is 0 Å². The first-order valence-corrected chi connectivity index (χ1v) is 10.7. The van der Waals surface area contributed by atoms with Gasteiger partial charge in [-0.25, -0.2) is 4.98 Å². The van der Waals surface area contributed by atoms with Crippen LogP contribution >= 0.6 is 23.1 Å². The van der Waals surface area contributed by atoms with E-state index < -0.39 is 0 Å². The molecular formula is C20H23N3O2S2. The van der Waals surface area contributed by atoms with Crippen molar-refractivity contribution in [1.29, 1.82) is 0 Å². The number of nitrogens with zero attached hydrogens (tertiary/aromatic N) is 1. The minimum absolute atomic E-state index is 0.0590. The van der Waals surface area contributed by atoms with Gasteiger partial charge in [-0.2, -0.15) is 0 Å². The molecule has 0 spiro atoms.